The van der Waals surface area contributed by atoms with Crippen LogP contribution in [0.4, 0.5) is 4.79 Å². The molecule has 38 heavy (non-hydrogen) atoms. The molecule has 0 aliphatic carbocycles. The Morgan fingerprint density at radius 2 is 1.53 bits per heavy atom. The van der Waals surface area contributed by atoms with Gasteiger partial charge in [0.2, 0.25) is 0 Å². The number of benzene rings is 2. The molecule has 4 rings (SSSR count). The van der Waals surface area contributed by atoms with Crippen LogP contribution < -0.4 is 10.1 Å². The van der Waals surface area contributed by atoms with Gasteiger partial charge in [-0.3, -0.25) is 24.1 Å². The van der Waals surface area contributed by atoms with Crippen LogP contribution in [0.15, 0.2) is 42.5 Å². The first-order valence-electron chi connectivity index (χ1n) is 12.6. The average molecular weight is 522 g/mol. The van der Waals surface area contributed by atoms with Crippen molar-refractivity contribution in [3.8, 4) is 5.75 Å². The third kappa shape index (κ3) is 5.53. The van der Waals surface area contributed by atoms with Crippen molar-refractivity contribution in [1.82, 2.24) is 15.1 Å². The quantitative estimate of drug-likeness (QED) is 0.362. The van der Waals surface area contributed by atoms with Crippen molar-refractivity contribution in [2.45, 2.75) is 52.1 Å². The molecule has 10 nitrogen and oxygen atoms in total. The summed E-state index contributed by atoms with van der Waals surface area (Å²) < 4.78 is 9.75. The summed E-state index contributed by atoms with van der Waals surface area (Å²) in [5, 5.41) is 2.98. The zero-order valence-corrected chi connectivity index (χ0v) is 21.9. The van der Waals surface area contributed by atoms with Crippen molar-refractivity contribution in [3.05, 3.63) is 64.7 Å². The zero-order valence-electron chi connectivity index (χ0n) is 21.9. The van der Waals surface area contributed by atoms with Crippen molar-refractivity contribution in [2.75, 3.05) is 19.7 Å². The van der Waals surface area contributed by atoms with E-state index in [0.717, 1.165) is 0 Å². The normalized spacial score (nSPS) is 15.8. The first-order chi connectivity index (χ1) is 18.0. The molecule has 2 aromatic carbocycles. The number of ether oxygens (including phenoxy) is 2. The molecule has 2 aliphatic rings. The number of hydrogen-bond donors (Lipinski definition) is 1. The Balaban J connectivity index is 1.32. The summed E-state index contributed by atoms with van der Waals surface area (Å²) >= 11 is 0. The average Bonchev–Trinajstić information content (AvgIpc) is 3.14. The monoisotopic (exact) mass is 521 g/mol. The van der Waals surface area contributed by atoms with Gasteiger partial charge in [-0.05, 0) is 83.0 Å². The van der Waals surface area contributed by atoms with Crippen LogP contribution in [-0.4, -0.2) is 70.9 Å². The second kappa shape index (κ2) is 10.6. The molecule has 0 atom stereocenters. The highest BCUT2D eigenvalue weighted by atomic mass is 16.7. The molecule has 1 fully saturated rings. The van der Waals surface area contributed by atoms with E-state index in [0.29, 0.717) is 42.6 Å². The minimum absolute atomic E-state index is 0.136. The SMILES string of the molecule is CCOC(=O)Oc1ccc(C(=O)N2CCC(NC(=O)c3ccc4c(c3)C(=O)N(C(C)(C)C)C4=O)CC2)cc1. The summed E-state index contributed by atoms with van der Waals surface area (Å²) in [4.78, 5) is 65.7. The Labute approximate surface area is 220 Å². The maximum atomic E-state index is 12.9. The Kier molecular flexibility index (Phi) is 7.52. The predicted octanol–water partition coefficient (Wildman–Crippen LogP) is 3.65. The number of hydrogen-bond acceptors (Lipinski definition) is 7. The van der Waals surface area contributed by atoms with Crippen molar-refractivity contribution in [1.29, 1.82) is 0 Å². The van der Waals surface area contributed by atoms with Gasteiger partial charge in [0, 0.05) is 35.8 Å². The molecule has 0 radical (unpaired) electrons. The number of nitrogens with zero attached hydrogens (tertiary/aromatic N) is 2. The number of amides is 4. The van der Waals surface area contributed by atoms with E-state index in [1.54, 1.807) is 50.8 Å². The summed E-state index contributed by atoms with van der Waals surface area (Å²) in [5.41, 5.74) is 0.638. The number of fused-ring (bicyclic) bond motifs is 1. The number of piperidine rings is 1. The van der Waals surface area contributed by atoms with E-state index >= 15 is 0 Å². The standard InChI is InChI=1S/C28H31N3O7/c1-5-37-27(36)38-20-9-6-17(7-10-20)24(33)30-14-12-19(13-15-30)29-23(32)18-8-11-21-22(16-18)26(35)31(25(21)34)28(2,3)4/h6-11,16,19H,5,12-15H2,1-4H3,(H,29,32). The van der Waals surface area contributed by atoms with E-state index in [4.69, 9.17) is 9.47 Å². The van der Waals surface area contributed by atoms with E-state index < -0.39 is 17.6 Å². The smallest absolute Gasteiger partial charge is 0.434 e. The van der Waals surface area contributed by atoms with Gasteiger partial charge < -0.3 is 19.7 Å². The van der Waals surface area contributed by atoms with Gasteiger partial charge in [-0.1, -0.05) is 0 Å². The van der Waals surface area contributed by atoms with E-state index in [1.807, 2.05) is 0 Å². The van der Waals surface area contributed by atoms with E-state index in [2.05, 4.69) is 5.32 Å². The molecule has 2 aliphatic heterocycles. The van der Waals surface area contributed by atoms with Crippen LogP contribution in [0.25, 0.3) is 0 Å². The first-order valence-corrected chi connectivity index (χ1v) is 12.6. The Morgan fingerprint density at radius 3 is 2.13 bits per heavy atom. The number of carbonyl (C=O) groups excluding carboxylic acids is 5. The summed E-state index contributed by atoms with van der Waals surface area (Å²) in [6.45, 7) is 8.16. The van der Waals surface area contributed by atoms with Gasteiger partial charge >= 0.3 is 6.16 Å². The fourth-order valence-electron chi connectivity index (χ4n) is 4.58. The van der Waals surface area contributed by atoms with Crippen LogP contribution >= 0.6 is 0 Å². The third-order valence-electron chi connectivity index (χ3n) is 6.50. The number of nitrogens with one attached hydrogen (secondary N) is 1. The van der Waals surface area contributed by atoms with Gasteiger partial charge in [0.15, 0.2) is 0 Å². The first kappa shape index (κ1) is 26.8. The zero-order chi connectivity index (χ0) is 27.6. The highest BCUT2D eigenvalue weighted by molar-refractivity contribution is 6.22. The molecular weight excluding hydrogens is 490 g/mol. The van der Waals surface area contributed by atoms with Crippen LogP contribution in [0.1, 0.15) is 82.0 Å². The molecule has 0 bridgehead atoms. The molecule has 2 aromatic rings. The van der Waals surface area contributed by atoms with Crippen LogP contribution in [0.2, 0.25) is 0 Å². The summed E-state index contributed by atoms with van der Waals surface area (Å²) in [5.74, 6) is -0.959. The van der Waals surface area contributed by atoms with E-state index in [-0.39, 0.29) is 41.7 Å². The van der Waals surface area contributed by atoms with E-state index in [9.17, 15) is 24.0 Å². The number of rotatable bonds is 5. The van der Waals surface area contributed by atoms with Gasteiger partial charge in [-0.25, -0.2) is 4.79 Å². The van der Waals surface area contributed by atoms with Crippen LogP contribution in [0.5, 0.6) is 5.75 Å². The minimum Gasteiger partial charge on any atom is -0.434 e. The van der Waals surface area contributed by atoms with Gasteiger partial charge in [0.05, 0.1) is 17.7 Å². The summed E-state index contributed by atoms with van der Waals surface area (Å²) in [7, 11) is 0. The lowest BCUT2D eigenvalue weighted by molar-refractivity contribution is 0.0506. The molecule has 0 saturated carbocycles. The largest absolute Gasteiger partial charge is 0.513 e. The van der Waals surface area contributed by atoms with E-state index in [1.165, 1.54) is 29.2 Å². The molecule has 0 spiro atoms. The predicted molar refractivity (Wildman–Crippen MR) is 137 cm³/mol. The molecule has 1 saturated heterocycles. The Hall–Kier alpha value is -4.21. The molecule has 1 N–H and O–H groups in total. The Morgan fingerprint density at radius 1 is 0.921 bits per heavy atom. The third-order valence-corrected chi connectivity index (χ3v) is 6.50. The van der Waals surface area contributed by atoms with Crippen LogP contribution in [0, 0.1) is 0 Å². The van der Waals surface area contributed by atoms with Crippen LogP contribution in [0.3, 0.4) is 0 Å². The maximum absolute atomic E-state index is 12.9. The molecule has 2 heterocycles. The topological polar surface area (TPSA) is 122 Å². The van der Waals surface area contributed by atoms with Crippen molar-refractivity contribution >= 4 is 29.8 Å². The van der Waals surface area contributed by atoms with Gasteiger partial charge in [0.25, 0.3) is 23.6 Å². The fourth-order valence-corrected chi connectivity index (χ4v) is 4.58. The van der Waals surface area contributed by atoms with Gasteiger partial charge in [0.1, 0.15) is 5.75 Å². The number of carbonyl (C=O) groups is 5. The molecule has 4 amide bonds. The number of imide groups is 1. The molecule has 0 aromatic heterocycles. The number of likely N-dealkylation sites (tertiary alicyclic amines) is 1. The molecule has 10 heteroatoms. The maximum Gasteiger partial charge on any atom is 0.513 e. The summed E-state index contributed by atoms with van der Waals surface area (Å²) in [6.07, 6.45) is 0.339. The summed E-state index contributed by atoms with van der Waals surface area (Å²) in [6, 6.07) is 10.7. The highest BCUT2D eigenvalue weighted by Gasteiger charge is 2.42. The Bertz CT molecular complexity index is 1270. The van der Waals surface area contributed by atoms with Gasteiger partial charge in [-0.15, -0.1) is 0 Å². The second-order valence-electron chi connectivity index (χ2n) is 10.2. The van der Waals surface area contributed by atoms with Crippen molar-refractivity contribution in [3.63, 3.8) is 0 Å². The highest BCUT2D eigenvalue weighted by Crippen LogP contribution is 2.30. The molecule has 200 valence electrons. The molecular formula is C28H31N3O7. The van der Waals surface area contributed by atoms with Crippen molar-refractivity contribution < 1.29 is 33.4 Å². The second-order valence-corrected chi connectivity index (χ2v) is 10.2. The lowest BCUT2D eigenvalue weighted by Crippen LogP contribution is -2.46. The lowest BCUT2D eigenvalue weighted by atomic mass is 10.0. The minimum atomic E-state index is -0.803. The fraction of sp³-hybridized carbons (Fsp3) is 0.393. The lowest BCUT2D eigenvalue weighted by Gasteiger charge is -2.32. The molecule has 0 unspecified atom stereocenters. The van der Waals surface area contributed by atoms with Gasteiger partial charge in [-0.2, -0.15) is 0 Å². The van der Waals surface area contributed by atoms with Crippen molar-refractivity contribution in [2.24, 2.45) is 0 Å². The van der Waals surface area contributed by atoms with Crippen LogP contribution in [-0.2, 0) is 4.74 Å².